The summed E-state index contributed by atoms with van der Waals surface area (Å²) in [5.41, 5.74) is 7.10. The van der Waals surface area contributed by atoms with E-state index in [0.717, 1.165) is 12.3 Å². The molecule has 340 valence electrons. The number of amides is 4. The van der Waals surface area contributed by atoms with Gasteiger partial charge in [-0.3, -0.25) is 9.59 Å². The summed E-state index contributed by atoms with van der Waals surface area (Å²) in [4.78, 5) is 38.5. The molecule has 0 saturated carbocycles. The number of urea groups is 1. The van der Waals surface area contributed by atoms with Crippen molar-refractivity contribution < 1.29 is 55.1 Å². The Morgan fingerprint density at radius 1 is 0.823 bits per heavy atom. The van der Waals surface area contributed by atoms with Crippen LogP contribution in [0.3, 0.4) is 0 Å². The second-order valence-corrected chi connectivity index (χ2v) is 17.9. The van der Waals surface area contributed by atoms with Gasteiger partial charge in [0.2, 0.25) is 17.5 Å². The summed E-state index contributed by atoms with van der Waals surface area (Å²) < 4.78 is 30.7. The van der Waals surface area contributed by atoms with Crippen LogP contribution in [0, 0.1) is 0 Å². The highest BCUT2D eigenvalue weighted by Crippen LogP contribution is 2.47. The number of carbonyl (C=O) groups excluding carboxylic acids is 3. The summed E-state index contributed by atoms with van der Waals surface area (Å²) >= 11 is 1.70. The lowest BCUT2D eigenvalue weighted by Gasteiger charge is -2.27. The van der Waals surface area contributed by atoms with E-state index in [-0.39, 0.29) is 64.8 Å². The molecule has 2 fully saturated rings. The van der Waals surface area contributed by atoms with E-state index in [1.165, 1.54) is 33.9 Å². The van der Waals surface area contributed by atoms with Crippen LogP contribution >= 0.6 is 11.8 Å². The summed E-state index contributed by atoms with van der Waals surface area (Å²) in [7, 11) is 1.69. The molecule has 3 unspecified atom stereocenters. The van der Waals surface area contributed by atoms with Gasteiger partial charge in [-0.1, -0.05) is 56.3 Å². The van der Waals surface area contributed by atoms with Crippen molar-refractivity contribution in [3.8, 4) is 0 Å². The smallest absolute Gasteiger partial charge is 0.315 e. The molecule has 0 aliphatic carbocycles. The molecule has 4 aliphatic heterocycles. The maximum absolute atomic E-state index is 12.3. The minimum Gasteiger partial charge on any atom is -1.00 e. The van der Waals surface area contributed by atoms with Gasteiger partial charge in [0.1, 0.15) is 6.61 Å². The first-order valence-corrected chi connectivity index (χ1v) is 22.6. The number of rotatable bonds is 25. The van der Waals surface area contributed by atoms with E-state index in [2.05, 4.69) is 125 Å². The molecule has 2 aromatic rings. The van der Waals surface area contributed by atoms with Crippen molar-refractivity contribution in [1.82, 2.24) is 21.3 Å². The molecule has 0 radical (unpaired) electrons. The Labute approximate surface area is 377 Å². The molecular weight excluding hydrogens is 832 g/mol. The Bertz CT molecular complexity index is 1920. The molecule has 4 heterocycles. The second-order valence-electron chi connectivity index (χ2n) is 16.6. The third-order valence-electron chi connectivity index (χ3n) is 11.8. The number of nitrogens with one attached hydrogen (secondary N) is 4. The lowest BCUT2D eigenvalue weighted by molar-refractivity contribution is -0.442. The second kappa shape index (κ2) is 23.6. The van der Waals surface area contributed by atoms with Crippen molar-refractivity contribution in [1.29, 1.82) is 0 Å². The molecule has 4 amide bonds. The number of anilines is 1. The Morgan fingerprint density at radius 3 is 2.26 bits per heavy atom. The minimum atomic E-state index is -0.198. The van der Waals surface area contributed by atoms with Gasteiger partial charge in [-0.2, -0.15) is 16.3 Å². The van der Waals surface area contributed by atoms with E-state index < -0.39 is 0 Å². The van der Waals surface area contributed by atoms with Crippen molar-refractivity contribution >= 4 is 46.7 Å². The number of halogens is 1. The van der Waals surface area contributed by atoms with Crippen molar-refractivity contribution in [2.45, 2.75) is 68.7 Å². The number of para-hydroxylation sites is 2. The molecular formula is C46H65ClN6O8S. The average Bonchev–Trinajstić information content (AvgIpc) is 3.92. The Morgan fingerprint density at radius 2 is 1.48 bits per heavy atom. The van der Waals surface area contributed by atoms with E-state index in [4.69, 9.17) is 23.7 Å². The summed E-state index contributed by atoms with van der Waals surface area (Å²) in [5.74, 6) is 0.641. The zero-order valence-electron chi connectivity index (χ0n) is 36.8. The highest BCUT2D eigenvalue weighted by atomic mass is 35.5. The highest BCUT2D eigenvalue weighted by Gasteiger charge is 2.45. The SMILES string of the molecule is COCCOCC[N+]1=C(/C=C/C=C2/N(CCOCCOCCC(=O)NCCOCCNC(=O)CC3SCC4NC(=O)NC43)c3ccccc3C2(C)C)C(C)(C)c2ccccc21.[Cl-]. The van der Waals surface area contributed by atoms with Gasteiger partial charge in [0, 0.05) is 85.1 Å². The largest absolute Gasteiger partial charge is 1.00 e. The number of allylic oxidation sites excluding steroid dienone is 4. The van der Waals surface area contributed by atoms with Gasteiger partial charge in [0.15, 0.2) is 12.3 Å². The van der Waals surface area contributed by atoms with Crippen molar-refractivity contribution in [2.75, 3.05) is 103 Å². The lowest BCUT2D eigenvalue weighted by atomic mass is 9.81. The predicted molar refractivity (Wildman–Crippen MR) is 239 cm³/mol. The van der Waals surface area contributed by atoms with Crippen LogP contribution in [0.2, 0.25) is 0 Å². The fourth-order valence-corrected chi connectivity index (χ4v) is 10.1. The minimum absolute atomic E-state index is 0. The third-order valence-corrected chi connectivity index (χ3v) is 13.2. The molecule has 2 aromatic carbocycles. The first-order chi connectivity index (χ1) is 29.5. The van der Waals surface area contributed by atoms with Gasteiger partial charge < -0.3 is 62.3 Å². The normalized spacial score (nSPS) is 21.1. The quantitative estimate of drug-likeness (QED) is 0.0651. The number of hydrogen-bond acceptors (Lipinski definition) is 10. The standard InChI is InChI=1S/C46H64N6O8S.ClH/c1-45(2)33-11-6-8-13-36(33)51(20-25-59-28-27-56-5)39(45)15-10-16-40-46(3,4)34-12-7-9-14-37(34)52(40)21-26-60-30-29-57-22-17-41(53)47-18-23-58-24-19-48-42(54)31-38-43-35(32-61-38)49-44(55)50-43;/h6-16,35,38,43H,17-32H2,1-5H3,(H3-,47,48,49,50,53,54,55);1H. The topological polar surface area (TPSA) is 152 Å². The van der Waals surface area contributed by atoms with Crippen LogP contribution in [0.5, 0.6) is 0 Å². The summed E-state index contributed by atoms with van der Waals surface area (Å²) in [6, 6.07) is 17.2. The van der Waals surface area contributed by atoms with Gasteiger partial charge >= 0.3 is 6.03 Å². The van der Waals surface area contributed by atoms with E-state index in [0.29, 0.717) is 85.5 Å². The number of fused-ring (bicyclic) bond motifs is 3. The Balaban J connectivity index is 0.00000726. The van der Waals surface area contributed by atoms with Gasteiger partial charge in [-0.25, -0.2) is 4.79 Å². The van der Waals surface area contributed by atoms with Crippen LogP contribution in [0.1, 0.15) is 51.7 Å². The molecule has 14 nitrogen and oxygen atoms in total. The molecule has 4 N–H and O–H groups in total. The maximum Gasteiger partial charge on any atom is 0.315 e. The third kappa shape index (κ3) is 12.4. The van der Waals surface area contributed by atoms with E-state index >= 15 is 0 Å². The summed E-state index contributed by atoms with van der Waals surface area (Å²) in [6.07, 6.45) is 7.31. The average molecular weight is 898 g/mol. The Hall–Kier alpha value is -3.96. The van der Waals surface area contributed by atoms with Crippen LogP contribution < -0.4 is 38.6 Å². The number of nitrogens with zero attached hydrogens (tertiary/aromatic N) is 2. The highest BCUT2D eigenvalue weighted by molar-refractivity contribution is 8.00. The van der Waals surface area contributed by atoms with Crippen LogP contribution in [0.15, 0.2) is 72.5 Å². The fraction of sp³-hybridized carbons (Fsp3) is 0.565. The molecule has 0 aromatic heterocycles. The van der Waals surface area contributed by atoms with E-state index in [9.17, 15) is 14.4 Å². The summed E-state index contributed by atoms with van der Waals surface area (Å²) in [6.45, 7) is 15.4. The zero-order chi connectivity index (χ0) is 43.2. The number of benzene rings is 2. The molecule has 0 spiro atoms. The monoisotopic (exact) mass is 896 g/mol. The number of thioether (sulfide) groups is 1. The van der Waals surface area contributed by atoms with Gasteiger partial charge in [0.05, 0.1) is 70.4 Å². The van der Waals surface area contributed by atoms with Crippen molar-refractivity contribution in [3.63, 3.8) is 0 Å². The predicted octanol–water partition coefficient (Wildman–Crippen LogP) is 1.20. The lowest BCUT2D eigenvalue weighted by Crippen LogP contribution is -3.00. The van der Waals surface area contributed by atoms with Crippen LogP contribution in [-0.2, 0) is 44.1 Å². The van der Waals surface area contributed by atoms with Gasteiger partial charge in [0.25, 0.3) is 0 Å². The van der Waals surface area contributed by atoms with Crippen LogP contribution in [0.4, 0.5) is 16.2 Å². The van der Waals surface area contributed by atoms with Crippen molar-refractivity contribution in [2.24, 2.45) is 0 Å². The van der Waals surface area contributed by atoms with Crippen LogP contribution in [0.25, 0.3) is 0 Å². The zero-order valence-corrected chi connectivity index (χ0v) is 38.4. The molecule has 2 saturated heterocycles. The molecule has 4 aliphatic rings. The molecule has 0 bridgehead atoms. The first-order valence-electron chi connectivity index (χ1n) is 21.5. The molecule has 6 rings (SSSR count). The first kappa shape index (κ1) is 49.1. The number of ether oxygens (including phenoxy) is 5. The number of methoxy groups -OCH3 is 1. The van der Waals surface area contributed by atoms with E-state index in [1.54, 1.807) is 18.9 Å². The molecule has 16 heteroatoms. The van der Waals surface area contributed by atoms with E-state index in [1.807, 2.05) is 0 Å². The summed E-state index contributed by atoms with van der Waals surface area (Å²) in [5, 5.41) is 11.6. The van der Waals surface area contributed by atoms with Crippen LogP contribution in [-0.4, -0.2) is 144 Å². The fourth-order valence-electron chi connectivity index (χ4n) is 8.57. The Kier molecular flexibility index (Phi) is 18.7. The molecule has 62 heavy (non-hydrogen) atoms. The van der Waals surface area contributed by atoms with Gasteiger partial charge in [-0.05, 0) is 31.6 Å². The number of hydrogen-bond donors (Lipinski definition) is 4. The maximum atomic E-state index is 12.3. The van der Waals surface area contributed by atoms with Gasteiger partial charge in [-0.15, -0.1) is 0 Å². The number of carbonyl (C=O) groups is 3. The van der Waals surface area contributed by atoms with Crippen molar-refractivity contribution in [3.05, 3.63) is 83.6 Å². The molecule has 3 atom stereocenters.